The van der Waals surface area contributed by atoms with Gasteiger partial charge in [-0.1, -0.05) is 6.07 Å². The second-order valence-electron chi connectivity index (χ2n) is 2.83. The Bertz CT molecular complexity index is 411. The molecule has 0 aliphatic carbocycles. The van der Waals surface area contributed by atoms with Crippen LogP contribution in [-0.2, 0) is 14.3 Å². The molecule has 0 bridgehead atoms. The molecule has 0 aliphatic heterocycles. The summed E-state index contributed by atoms with van der Waals surface area (Å²) in [6, 6.07) is 4.84. The van der Waals surface area contributed by atoms with Gasteiger partial charge in [-0.05, 0) is 19.1 Å². The summed E-state index contributed by atoms with van der Waals surface area (Å²) in [5, 5.41) is 9.48. The van der Waals surface area contributed by atoms with Gasteiger partial charge in [0, 0.05) is 12.3 Å². The first-order valence-corrected chi connectivity index (χ1v) is 4.68. The lowest BCUT2D eigenvalue weighted by molar-refractivity contribution is -0.151. The number of hydrogen-bond acceptors (Lipinski definition) is 5. The summed E-state index contributed by atoms with van der Waals surface area (Å²) in [5.41, 5.74) is 0.222. The molecule has 0 atom stereocenters. The van der Waals surface area contributed by atoms with E-state index in [1.54, 1.807) is 19.1 Å². The molecule has 1 heterocycles. The summed E-state index contributed by atoms with van der Waals surface area (Å²) in [4.78, 5) is 26.0. The number of pyridine rings is 1. The molecule has 0 saturated carbocycles. The van der Waals surface area contributed by atoms with Crippen molar-refractivity contribution >= 4 is 17.5 Å². The van der Waals surface area contributed by atoms with Crippen molar-refractivity contribution in [3.63, 3.8) is 0 Å². The predicted octanol–water partition coefficient (Wildman–Crippen LogP) is 1.11. The van der Waals surface area contributed by atoms with Crippen molar-refractivity contribution in [3.05, 3.63) is 36.2 Å². The number of ether oxygens (including phenoxy) is 1. The second-order valence-corrected chi connectivity index (χ2v) is 2.83. The molecule has 0 aromatic carbocycles. The maximum Gasteiger partial charge on any atom is 0.379 e. The summed E-state index contributed by atoms with van der Waals surface area (Å²) >= 11 is 0. The number of carbonyl (C=O) groups excluding carboxylic acids is 2. The maximum absolute atomic E-state index is 11.2. The van der Waals surface area contributed by atoms with E-state index in [4.69, 9.17) is 0 Å². The Hall–Kier alpha value is -2.17. The molecular formula is C11H11NO4. The minimum Gasteiger partial charge on any atom is -0.506 e. The van der Waals surface area contributed by atoms with Gasteiger partial charge in [-0.3, -0.25) is 9.78 Å². The Labute approximate surface area is 92.4 Å². The van der Waals surface area contributed by atoms with Crippen molar-refractivity contribution in [3.8, 4) is 0 Å². The van der Waals surface area contributed by atoms with Gasteiger partial charge in [-0.15, -0.1) is 0 Å². The van der Waals surface area contributed by atoms with Gasteiger partial charge < -0.3 is 9.84 Å². The summed E-state index contributed by atoms with van der Waals surface area (Å²) in [6.45, 7) is 1.70. The topological polar surface area (TPSA) is 76.5 Å². The molecule has 5 nitrogen and oxygen atoms in total. The third-order valence-electron chi connectivity index (χ3n) is 1.67. The number of carbonyl (C=O) groups is 2. The molecule has 16 heavy (non-hydrogen) atoms. The lowest BCUT2D eigenvalue weighted by atomic mass is 10.2. The van der Waals surface area contributed by atoms with E-state index in [9.17, 15) is 14.7 Å². The molecular weight excluding hydrogens is 210 g/mol. The fourth-order valence-electron chi connectivity index (χ4n) is 0.974. The SMILES string of the molecule is CCOC(=O)C(=O)/C=C(/O)c1ccccn1. The van der Waals surface area contributed by atoms with E-state index in [1.165, 1.54) is 12.3 Å². The monoisotopic (exact) mass is 221 g/mol. The summed E-state index contributed by atoms with van der Waals surface area (Å²) in [5.74, 6) is -2.27. The molecule has 84 valence electrons. The largest absolute Gasteiger partial charge is 0.506 e. The van der Waals surface area contributed by atoms with E-state index in [0.717, 1.165) is 6.08 Å². The number of esters is 1. The van der Waals surface area contributed by atoms with Crippen molar-refractivity contribution in [1.29, 1.82) is 0 Å². The van der Waals surface area contributed by atoms with Crippen LogP contribution in [0.2, 0.25) is 0 Å². The van der Waals surface area contributed by atoms with Gasteiger partial charge in [0.05, 0.1) is 6.61 Å². The summed E-state index contributed by atoms with van der Waals surface area (Å²) < 4.78 is 4.48. The Morgan fingerprint density at radius 3 is 2.81 bits per heavy atom. The van der Waals surface area contributed by atoms with E-state index in [0.29, 0.717) is 0 Å². The molecule has 1 aromatic rings. The van der Waals surface area contributed by atoms with Crippen LogP contribution in [0.25, 0.3) is 5.76 Å². The van der Waals surface area contributed by atoms with E-state index in [1.807, 2.05) is 0 Å². The third-order valence-corrected chi connectivity index (χ3v) is 1.67. The molecule has 5 heteroatoms. The normalized spacial score (nSPS) is 10.9. The third kappa shape index (κ3) is 3.20. The van der Waals surface area contributed by atoms with E-state index in [-0.39, 0.29) is 18.1 Å². The molecule has 0 unspecified atom stereocenters. The first kappa shape index (κ1) is 11.9. The number of aliphatic hydroxyl groups is 1. The van der Waals surface area contributed by atoms with Crippen molar-refractivity contribution in [2.75, 3.05) is 6.61 Å². The van der Waals surface area contributed by atoms with Crippen LogP contribution in [0.4, 0.5) is 0 Å². The molecule has 0 saturated heterocycles. The van der Waals surface area contributed by atoms with Crippen LogP contribution < -0.4 is 0 Å². The molecule has 0 spiro atoms. The van der Waals surface area contributed by atoms with Crippen LogP contribution >= 0.6 is 0 Å². The Morgan fingerprint density at radius 1 is 1.50 bits per heavy atom. The fraction of sp³-hybridized carbons (Fsp3) is 0.182. The quantitative estimate of drug-likeness (QED) is 0.356. The smallest absolute Gasteiger partial charge is 0.379 e. The highest BCUT2D eigenvalue weighted by atomic mass is 16.5. The van der Waals surface area contributed by atoms with Gasteiger partial charge in [0.25, 0.3) is 5.78 Å². The predicted molar refractivity (Wildman–Crippen MR) is 56.5 cm³/mol. The van der Waals surface area contributed by atoms with Crippen molar-refractivity contribution in [1.82, 2.24) is 4.98 Å². The maximum atomic E-state index is 11.2. The molecule has 0 amide bonds. The highest BCUT2D eigenvalue weighted by Crippen LogP contribution is 2.06. The lowest BCUT2D eigenvalue weighted by Crippen LogP contribution is -2.15. The Kier molecular flexibility index (Phi) is 4.20. The van der Waals surface area contributed by atoms with E-state index >= 15 is 0 Å². The van der Waals surface area contributed by atoms with Gasteiger partial charge in [0.15, 0.2) is 0 Å². The van der Waals surface area contributed by atoms with Crippen LogP contribution in [0.1, 0.15) is 12.6 Å². The average molecular weight is 221 g/mol. The highest BCUT2D eigenvalue weighted by molar-refractivity contribution is 6.39. The minimum absolute atomic E-state index is 0.114. The zero-order valence-electron chi connectivity index (χ0n) is 8.71. The Morgan fingerprint density at radius 2 is 2.25 bits per heavy atom. The van der Waals surface area contributed by atoms with Gasteiger partial charge in [0.1, 0.15) is 11.5 Å². The average Bonchev–Trinajstić information content (AvgIpc) is 2.30. The first-order valence-electron chi connectivity index (χ1n) is 4.68. The standard InChI is InChI=1S/C11H11NO4/c1-2-16-11(15)10(14)7-9(13)8-5-3-4-6-12-8/h3-7,13H,2H2,1H3/b9-7+. The zero-order chi connectivity index (χ0) is 12.0. The Balaban J connectivity index is 2.78. The minimum atomic E-state index is -0.995. The van der Waals surface area contributed by atoms with E-state index in [2.05, 4.69) is 9.72 Å². The number of aliphatic hydroxyl groups excluding tert-OH is 1. The lowest BCUT2D eigenvalue weighted by Gasteiger charge is -1.99. The fourth-order valence-corrected chi connectivity index (χ4v) is 0.974. The van der Waals surface area contributed by atoms with Gasteiger partial charge in [-0.25, -0.2) is 4.79 Å². The summed E-state index contributed by atoms with van der Waals surface area (Å²) in [6.07, 6.45) is 2.26. The molecule has 1 N–H and O–H groups in total. The van der Waals surface area contributed by atoms with Crippen LogP contribution in [-0.4, -0.2) is 28.4 Å². The van der Waals surface area contributed by atoms with Crippen LogP contribution in [0.15, 0.2) is 30.5 Å². The number of rotatable bonds is 4. The van der Waals surface area contributed by atoms with Gasteiger partial charge in [-0.2, -0.15) is 0 Å². The first-order chi connectivity index (χ1) is 7.65. The van der Waals surface area contributed by atoms with Crippen molar-refractivity contribution < 1.29 is 19.4 Å². The molecule has 0 aliphatic rings. The van der Waals surface area contributed by atoms with Gasteiger partial charge in [0.2, 0.25) is 0 Å². The van der Waals surface area contributed by atoms with Crippen molar-refractivity contribution in [2.45, 2.75) is 6.92 Å². The molecule has 0 radical (unpaired) electrons. The second kappa shape index (κ2) is 5.65. The van der Waals surface area contributed by atoms with Crippen LogP contribution in [0.5, 0.6) is 0 Å². The number of hydrogen-bond donors (Lipinski definition) is 1. The molecule has 1 aromatic heterocycles. The highest BCUT2D eigenvalue weighted by Gasteiger charge is 2.13. The summed E-state index contributed by atoms with van der Waals surface area (Å²) in [7, 11) is 0. The van der Waals surface area contributed by atoms with Crippen molar-refractivity contribution in [2.24, 2.45) is 0 Å². The van der Waals surface area contributed by atoms with Crippen LogP contribution in [0, 0.1) is 0 Å². The number of ketones is 1. The molecule has 0 fully saturated rings. The zero-order valence-corrected chi connectivity index (χ0v) is 8.71. The molecule has 1 rings (SSSR count). The van der Waals surface area contributed by atoms with Crippen LogP contribution in [0.3, 0.4) is 0 Å². The van der Waals surface area contributed by atoms with E-state index < -0.39 is 11.8 Å². The van der Waals surface area contributed by atoms with Gasteiger partial charge >= 0.3 is 5.97 Å². The number of aromatic nitrogens is 1. The number of nitrogens with zero attached hydrogens (tertiary/aromatic N) is 1.